The maximum atomic E-state index is 11.4. The number of aromatic hydroxyl groups is 1. The molecule has 0 unspecified atom stereocenters. The van der Waals surface area contributed by atoms with Gasteiger partial charge in [-0.1, -0.05) is 165 Å². The summed E-state index contributed by atoms with van der Waals surface area (Å²) in [6, 6.07) is 44.6. The summed E-state index contributed by atoms with van der Waals surface area (Å²) in [5.74, 6) is 0.655. The first-order valence-corrected chi connectivity index (χ1v) is 30.6. The van der Waals surface area contributed by atoms with Gasteiger partial charge in [0.05, 0.1) is 0 Å². The standard InChI is InChI=1S/3C11H12O.2C11H12.C10H13NO2.C10H10O.C2H6.Na.H2O/c1-8-4-2-6-10-9(8)5-3-7-11(10)12;2*1-8-5-6-9-3-2-4-11(12)10(9)7-8;2*1-9-5-4-7-10-6-2-3-8-11(9)10;11-9-6-4-8(5-7-9)2-1-3-10(12)13;11-10-7-3-5-8-4-1-2-6-9(8)10;1-2;;/h2,4,6H,3,5,7H2,1H3;2*5-7H,2-4H2,1H3;2*2,4-7H,3,8H2,1H3;4-7H,1-3,11H2,(H,12,13);1,3-5,7,11H,2,6H2;1-2H3;;1H2/q;;;;;;;;+1;/p-1. The van der Waals surface area contributed by atoms with Crippen LogP contribution in [0.5, 0.6) is 5.75 Å². The number of carboxylic acids is 1. The van der Waals surface area contributed by atoms with Gasteiger partial charge in [-0.25, -0.2) is 0 Å². The number of benzene rings is 7. The Kier molecular flexibility index (Phi) is 31.0. The zero-order valence-electron chi connectivity index (χ0n) is 52.4. The van der Waals surface area contributed by atoms with E-state index in [4.69, 9.17) is 10.8 Å². The predicted molar refractivity (Wildman–Crippen MR) is 353 cm³/mol. The molecule has 0 spiro atoms. The van der Waals surface area contributed by atoms with Crippen molar-refractivity contribution in [1.29, 1.82) is 0 Å². The maximum absolute atomic E-state index is 11.4. The number of carbonyl (C=O) groups is 4. The summed E-state index contributed by atoms with van der Waals surface area (Å²) in [5.41, 5.74) is 28.7. The minimum absolute atomic E-state index is 0. The first kappa shape index (κ1) is 71.3. The Morgan fingerprint density at radius 1 is 0.465 bits per heavy atom. The van der Waals surface area contributed by atoms with Crippen LogP contribution in [0.4, 0.5) is 5.69 Å². The number of aliphatic carboxylic acids is 1. The third-order valence-electron chi connectivity index (χ3n) is 15.9. The summed E-state index contributed by atoms with van der Waals surface area (Å²) in [6.45, 7) is 14.5. The number of fused-ring (bicyclic) bond motifs is 6. The van der Waals surface area contributed by atoms with E-state index in [9.17, 15) is 24.3 Å². The molecule has 9 heteroatoms. The molecule has 0 radical (unpaired) electrons. The molecule has 7 aromatic carbocycles. The fourth-order valence-corrected chi connectivity index (χ4v) is 11.2. The van der Waals surface area contributed by atoms with Crippen LogP contribution in [-0.4, -0.2) is 39.0 Å². The van der Waals surface area contributed by atoms with E-state index in [1.54, 1.807) is 6.07 Å². The van der Waals surface area contributed by atoms with Crippen LogP contribution in [0.2, 0.25) is 0 Å². The van der Waals surface area contributed by atoms with E-state index in [0.29, 0.717) is 29.5 Å². The van der Waals surface area contributed by atoms with Gasteiger partial charge >= 0.3 is 35.5 Å². The van der Waals surface area contributed by atoms with E-state index in [1.165, 1.54) is 92.4 Å². The number of ketones is 3. The number of aryl methyl sites for hydroxylation is 8. The molecule has 7 aromatic rings. The summed E-state index contributed by atoms with van der Waals surface area (Å²) in [6.07, 6.45) is 30.2. The average molecular weight is 1160 g/mol. The van der Waals surface area contributed by atoms with Gasteiger partial charge in [0.1, 0.15) is 5.75 Å². The normalized spacial score (nSPS) is 13.8. The van der Waals surface area contributed by atoms with Gasteiger partial charge in [-0.15, -0.1) is 0 Å². The Labute approximate surface area is 535 Å². The molecule has 5 N–H and O–H groups in total. The number of phenols is 1. The molecule has 446 valence electrons. The van der Waals surface area contributed by atoms with E-state index in [2.05, 4.69) is 124 Å². The number of hydrogen-bond acceptors (Lipinski definition) is 7. The number of nitrogens with two attached hydrogens (primary N) is 1. The second-order valence-electron chi connectivity index (χ2n) is 22.2. The Morgan fingerprint density at radius 2 is 0.872 bits per heavy atom. The van der Waals surface area contributed by atoms with Crippen molar-refractivity contribution in [2.24, 2.45) is 0 Å². The molecule has 6 aliphatic carbocycles. The fraction of sp³-hybridized carbons (Fsp3) is 0.325. The number of Topliss-reactive ketones (excluding diaryl/α,β-unsaturated/α-hetero) is 3. The van der Waals surface area contributed by atoms with Gasteiger partial charge in [0, 0.05) is 53.6 Å². The number of allylic oxidation sites excluding steroid dienone is 3. The SMILES string of the molecule is CC.Cc1ccc2c(c1)C(=O)CCC2.Cc1ccc2c(c1)C(=O)CCC2.Cc1cccc2c1CCC=C2.Cc1cccc2c1CCC=C2.Cc1cccc2c1CCCC2=O.Nc1ccc(CCCC(=O)O)cc1.Oc1cccc2c1CCC=C2.[Na+].[OH-]. The monoisotopic (exact) mass is 1160 g/mol. The Hall–Kier alpha value is -7.20. The molecule has 86 heavy (non-hydrogen) atoms. The van der Waals surface area contributed by atoms with E-state index in [0.717, 1.165) is 116 Å². The Morgan fingerprint density at radius 3 is 1.31 bits per heavy atom. The third-order valence-corrected chi connectivity index (χ3v) is 15.9. The Balaban J connectivity index is 0.000000213. The van der Waals surface area contributed by atoms with Gasteiger partial charge in [-0.3, -0.25) is 19.2 Å². The largest absolute Gasteiger partial charge is 1.00 e. The van der Waals surface area contributed by atoms with Crippen molar-refractivity contribution in [3.63, 3.8) is 0 Å². The van der Waals surface area contributed by atoms with Crippen LogP contribution in [0, 0.1) is 34.6 Å². The molecule has 0 aromatic heterocycles. The second-order valence-corrected chi connectivity index (χ2v) is 22.2. The van der Waals surface area contributed by atoms with E-state index in [-0.39, 0.29) is 41.5 Å². The van der Waals surface area contributed by atoms with Crippen LogP contribution in [0.3, 0.4) is 0 Å². The number of rotatable bonds is 4. The van der Waals surface area contributed by atoms with Gasteiger partial charge in [0.2, 0.25) is 0 Å². The molecule has 0 aliphatic heterocycles. The maximum Gasteiger partial charge on any atom is 1.00 e. The molecule has 0 amide bonds. The van der Waals surface area contributed by atoms with Crippen molar-refractivity contribution in [3.8, 4) is 5.75 Å². The van der Waals surface area contributed by atoms with Gasteiger partial charge in [-0.2, -0.15) is 0 Å². The van der Waals surface area contributed by atoms with Crippen LogP contribution in [0.15, 0.2) is 152 Å². The molecular weight excluding hydrogens is 1070 g/mol. The van der Waals surface area contributed by atoms with Crippen molar-refractivity contribution in [1.82, 2.24) is 0 Å². The van der Waals surface area contributed by atoms with E-state index < -0.39 is 5.97 Å². The topological polar surface area (TPSA) is 165 Å². The summed E-state index contributed by atoms with van der Waals surface area (Å²) in [5, 5.41) is 17.8. The molecule has 0 atom stereocenters. The predicted octanol–water partition coefficient (Wildman–Crippen LogP) is 15.3. The zero-order chi connectivity index (χ0) is 60.4. The van der Waals surface area contributed by atoms with Crippen LogP contribution < -0.4 is 35.3 Å². The summed E-state index contributed by atoms with van der Waals surface area (Å²) >= 11 is 0. The summed E-state index contributed by atoms with van der Waals surface area (Å²) in [7, 11) is 0. The van der Waals surface area contributed by atoms with E-state index >= 15 is 0 Å². The van der Waals surface area contributed by atoms with Crippen molar-refractivity contribution in [3.05, 3.63) is 252 Å². The number of anilines is 1. The van der Waals surface area contributed by atoms with Crippen LogP contribution in [-0.2, 0) is 49.7 Å². The zero-order valence-corrected chi connectivity index (χ0v) is 54.4. The number of phenolic OH excluding ortho intramolecular Hbond substituents is 1. The van der Waals surface area contributed by atoms with Gasteiger partial charge < -0.3 is 21.4 Å². The van der Waals surface area contributed by atoms with E-state index in [1.807, 2.05) is 88.4 Å². The minimum atomic E-state index is -0.740. The van der Waals surface area contributed by atoms with Crippen LogP contribution >= 0.6 is 0 Å². The summed E-state index contributed by atoms with van der Waals surface area (Å²) < 4.78 is 0. The van der Waals surface area contributed by atoms with Crippen LogP contribution in [0.25, 0.3) is 18.2 Å². The number of hydrogen-bond donors (Lipinski definition) is 3. The molecule has 0 saturated heterocycles. The average Bonchev–Trinajstić information content (AvgIpc) is 3.60. The molecule has 13 rings (SSSR count). The van der Waals surface area contributed by atoms with Crippen molar-refractivity contribution in [2.45, 2.75) is 164 Å². The third kappa shape index (κ3) is 21.9. The fourth-order valence-electron chi connectivity index (χ4n) is 11.2. The second kappa shape index (κ2) is 37.4. The number of carbonyl (C=O) groups excluding carboxylic acids is 3. The van der Waals surface area contributed by atoms with Gasteiger partial charge in [-0.05, 0) is 222 Å². The molecule has 0 heterocycles. The van der Waals surface area contributed by atoms with Crippen LogP contribution in [0.1, 0.15) is 199 Å². The number of nitrogen functional groups attached to an aromatic ring is 1. The molecule has 0 fully saturated rings. The molecule has 0 bridgehead atoms. The number of carboxylic acid groups (broad SMARTS) is 1. The quantitative estimate of drug-likeness (QED) is 0.116. The molecular formula is C77H90NNaO7. The molecule has 6 aliphatic rings. The van der Waals surface area contributed by atoms with Gasteiger partial charge in [0.25, 0.3) is 0 Å². The van der Waals surface area contributed by atoms with Crippen molar-refractivity contribution >= 4 is 47.2 Å². The Bertz CT molecular complexity index is 3200. The first-order valence-electron chi connectivity index (χ1n) is 30.6. The smallest absolute Gasteiger partial charge is 0.870 e. The molecule has 8 nitrogen and oxygen atoms in total. The minimum Gasteiger partial charge on any atom is -0.870 e. The molecule has 0 saturated carbocycles. The van der Waals surface area contributed by atoms with Gasteiger partial charge in [0.15, 0.2) is 17.3 Å². The summed E-state index contributed by atoms with van der Waals surface area (Å²) in [4.78, 5) is 44.5. The first-order chi connectivity index (χ1) is 40.6. The van der Waals surface area contributed by atoms with Crippen molar-refractivity contribution in [2.75, 3.05) is 5.73 Å². The van der Waals surface area contributed by atoms with Crippen molar-refractivity contribution < 1.29 is 64.4 Å².